The maximum atomic E-state index is 10.7. The third kappa shape index (κ3) is 3.56. The molecule has 0 aliphatic heterocycles. The van der Waals surface area contributed by atoms with Gasteiger partial charge in [-0.15, -0.1) is 0 Å². The van der Waals surface area contributed by atoms with Crippen molar-refractivity contribution in [2.24, 2.45) is 0 Å². The van der Waals surface area contributed by atoms with Crippen LogP contribution in [0.3, 0.4) is 0 Å². The number of hydrogen-bond donors (Lipinski definition) is 1. The van der Waals surface area contributed by atoms with Gasteiger partial charge in [0.25, 0.3) is 5.69 Å². The highest BCUT2D eigenvalue weighted by molar-refractivity contribution is 9.10. The van der Waals surface area contributed by atoms with E-state index in [9.17, 15) is 10.1 Å². The first kappa shape index (κ1) is 14.0. The molecule has 0 heterocycles. The zero-order chi connectivity index (χ0) is 14.5. The molecule has 0 saturated carbocycles. The van der Waals surface area contributed by atoms with Gasteiger partial charge in [0.2, 0.25) is 0 Å². The molecule has 0 unspecified atom stereocenters. The van der Waals surface area contributed by atoms with Crippen molar-refractivity contribution in [2.75, 3.05) is 5.32 Å². The van der Waals surface area contributed by atoms with Gasteiger partial charge in [0.05, 0.1) is 16.6 Å². The second-order valence-electron chi connectivity index (χ2n) is 4.12. The fourth-order valence-electron chi connectivity index (χ4n) is 1.74. The summed E-state index contributed by atoms with van der Waals surface area (Å²) in [6.07, 6.45) is 0. The molecule has 1 N–H and O–H groups in total. The SMILES string of the molecule is N#Cc1cc(Br)cc(NCc2cccc([N+](=O)[O-])c2)c1. The summed E-state index contributed by atoms with van der Waals surface area (Å²) in [7, 11) is 0. The van der Waals surface area contributed by atoms with E-state index in [2.05, 4.69) is 27.3 Å². The predicted molar refractivity (Wildman–Crippen MR) is 79.3 cm³/mol. The van der Waals surface area contributed by atoms with Crippen molar-refractivity contribution in [3.63, 3.8) is 0 Å². The van der Waals surface area contributed by atoms with Crippen molar-refractivity contribution in [1.82, 2.24) is 0 Å². The van der Waals surface area contributed by atoms with Crippen molar-refractivity contribution in [3.8, 4) is 6.07 Å². The predicted octanol–water partition coefficient (Wildman–Crippen LogP) is 3.84. The molecule has 2 rings (SSSR count). The van der Waals surface area contributed by atoms with Crippen LogP contribution >= 0.6 is 15.9 Å². The number of nitrogens with one attached hydrogen (secondary N) is 1. The molecule has 5 nitrogen and oxygen atoms in total. The van der Waals surface area contributed by atoms with E-state index >= 15 is 0 Å². The Morgan fingerprint density at radius 3 is 2.80 bits per heavy atom. The number of hydrogen-bond acceptors (Lipinski definition) is 4. The van der Waals surface area contributed by atoms with E-state index in [0.29, 0.717) is 12.1 Å². The van der Waals surface area contributed by atoms with Crippen LogP contribution in [-0.4, -0.2) is 4.92 Å². The van der Waals surface area contributed by atoms with Crippen LogP contribution in [0.25, 0.3) is 0 Å². The van der Waals surface area contributed by atoms with E-state index in [4.69, 9.17) is 5.26 Å². The molecule has 0 aliphatic carbocycles. The van der Waals surface area contributed by atoms with Crippen LogP contribution in [-0.2, 0) is 6.54 Å². The first-order valence-corrected chi connectivity index (χ1v) is 6.55. The molecule has 0 atom stereocenters. The van der Waals surface area contributed by atoms with Crippen LogP contribution in [0.2, 0.25) is 0 Å². The average Bonchev–Trinajstić information content (AvgIpc) is 2.44. The number of nitro benzene ring substituents is 1. The molecule has 0 fully saturated rings. The Labute approximate surface area is 124 Å². The number of nitriles is 1. The third-order valence-corrected chi connectivity index (χ3v) is 3.10. The molecule has 0 bridgehead atoms. The number of benzene rings is 2. The minimum Gasteiger partial charge on any atom is -0.381 e. The number of halogens is 1. The van der Waals surface area contributed by atoms with Gasteiger partial charge in [-0.25, -0.2) is 0 Å². The summed E-state index contributed by atoms with van der Waals surface area (Å²) in [5.41, 5.74) is 2.19. The quantitative estimate of drug-likeness (QED) is 0.681. The summed E-state index contributed by atoms with van der Waals surface area (Å²) >= 11 is 3.33. The molecular weight excluding hydrogens is 322 g/mol. The summed E-state index contributed by atoms with van der Waals surface area (Å²) < 4.78 is 0.804. The Balaban J connectivity index is 2.13. The van der Waals surface area contributed by atoms with Gasteiger partial charge >= 0.3 is 0 Å². The fraction of sp³-hybridized carbons (Fsp3) is 0.0714. The number of anilines is 1. The number of nitro groups is 1. The Bertz CT molecular complexity index is 695. The van der Waals surface area contributed by atoms with Gasteiger partial charge in [0.15, 0.2) is 0 Å². The van der Waals surface area contributed by atoms with Gasteiger partial charge < -0.3 is 5.32 Å². The maximum Gasteiger partial charge on any atom is 0.269 e. The van der Waals surface area contributed by atoms with E-state index in [1.807, 2.05) is 12.1 Å². The summed E-state index contributed by atoms with van der Waals surface area (Å²) in [4.78, 5) is 10.3. The maximum absolute atomic E-state index is 10.7. The normalized spacial score (nSPS) is 9.80. The highest BCUT2D eigenvalue weighted by Gasteiger charge is 2.05. The van der Waals surface area contributed by atoms with Gasteiger partial charge in [0, 0.05) is 28.8 Å². The molecule has 0 saturated heterocycles. The van der Waals surface area contributed by atoms with Crippen molar-refractivity contribution in [2.45, 2.75) is 6.54 Å². The first-order valence-electron chi connectivity index (χ1n) is 5.76. The Morgan fingerprint density at radius 1 is 1.30 bits per heavy atom. The lowest BCUT2D eigenvalue weighted by molar-refractivity contribution is -0.384. The second kappa shape index (κ2) is 6.17. The molecule has 0 amide bonds. The highest BCUT2D eigenvalue weighted by Crippen LogP contribution is 2.20. The molecule has 6 heteroatoms. The van der Waals surface area contributed by atoms with Gasteiger partial charge in [-0.3, -0.25) is 10.1 Å². The van der Waals surface area contributed by atoms with E-state index in [1.165, 1.54) is 12.1 Å². The van der Waals surface area contributed by atoms with Crippen LogP contribution < -0.4 is 5.32 Å². The van der Waals surface area contributed by atoms with Crippen LogP contribution in [0, 0.1) is 21.4 Å². The van der Waals surface area contributed by atoms with Gasteiger partial charge in [-0.05, 0) is 23.8 Å². The molecule has 0 aromatic heterocycles. The average molecular weight is 332 g/mol. The lowest BCUT2D eigenvalue weighted by Gasteiger charge is -2.07. The monoisotopic (exact) mass is 331 g/mol. The summed E-state index contributed by atoms with van der Waals surface area (Å²) in [6, 6.07) is 13.8. The largest absolute Gasteiger partial charge is 0.381 e. The minimum atomic E-state index is -0.420. The van der Waals surface area contributed by atoms with Gasteiger partial charge in [-0.1, -0.05) is 28.1 Å². The van der Waals surface area contributed by atoms with E-state index < -0.39 is 4.92 Å². The van der Waals surface area contributed by atoms with Gasteiger partial charge in [-0.2, -0.15) is 5.26 Å². The molecule has 2 aromatic carbocycles. The standard InChI is InChI=1S/C14H10BrN3O2/c15-12-4-11(8-16)5-13(7-12)17-9-10-2-1-3-14(6-10)18(19)20/h1-7,17H,9H2. The van der Waals surface area contributed by atoms with Gasteiger partial charge in [0.1, 0.15) is 0 Å². The Kier molecular flexibility index (Phi) is 4.33. The van der Waals surface area contributed by atoms with E-state index in [-0.39, 0.29) is 5.69 Å². The highest BCUT2D eigenvalue weighted by atomic mass is 79.9. The molecule has 0 radical (unpaired) electrons. The molecule has 0 aliphatic rings. The summed E-state index contributed by atoms with van der Waals surface area (Å²) in [5, 5.41) is 22.7. The zero-order valence-corrected chi connectivity index (χ0v) is 11.9. The van der Waals surface area contributed by atoms with Crippen molar-refractivity contribution < 1.29 is 4.92 Å². The van der Waals surface area contributed by atoms with Crippen LogP contribution in [0.1, 0.15) is 11.1 Å². The number of nitrogens with zero attached hydrogens (tertiary/aromatic N) is 2. The topological polar surface area (TPSA) is 79.0 Å². The van der Waals surface area contributed by atoms with E-state index in [0.717, 1.165) is 15.7 Å². The summed E-state index contributed by atoms with van der Waals surface area (Å²) in [6.45, 7) is 0.447. The van der Waals surface area contributed by atoms with Crippen molar-refractivity contribution in [3.05, 3.63) is 68.2 Å². The van der Waals surface area contributed by atoms with Crippen LogP contribution in [0.5, 0.6) is 0 Å². The molecule has 0 spiro atoms. The first-order chi connectivity index (χ1) is 9.58. The second-order valence-corrected chi connectivity index (χ2v) is 5.04. The van der Waals surface area contributed by atoms with Crippen molar-refractivity contribution in [1.29, 1.82) is 5.26 Å². The van der Waals surface area contributed by atoms with Crippen molar-refractivity contribution >= 4 is 27.3 Å². The lowest BCUT2D eigenvalue weighted by Crippen LogP contribution is -2.00. The third-order valence-electron chi connectivity index (χ3n) is 2.64. The van der Waals surface area contributed by atoms with E-state index in [1.54, 1.807) is 18.2 Å². The number of rotatable bonds is 4. The smallest absolute Gasteiger partial charge is 0.269 e. The molecule has 20 heavy (non-hydrogen) atoms. The summed E-state index contributed by atoms with van der Waals surface area (Å²) in [5.74, 6) is 0. The fourth-order valence-corrected chi connectivity index (χ4v) is 2.23. The Hall–Kier alpha value is -2.39. The molecule has 2 aromatic rings. The Morgan fingerprint density at radius 2 is 2.10 bits per heavy atom. The minimum absolute atomic E-state index is 0.0660. The van der Waals surface area contributed by atoms with Crippen LogP contribution in [0.4, 0.5) is 11.4 Å². The molecular formula is C14H10BrN3O2. The number of non-ortho nitro benzene ring substituents is 1. The molecule has 100 valence electrons. The van der Waals surface area contributed by atoms with Crippen LogP contribution in [0.15, 0.2) is 46.9 Å². The zero-order valence-electron chi connectivity index (χ0n) is 10.3. The lowest BCUT2D eigenvalue weighted by atomic mass is 10.2.